The SMILES string of the molecule is O=c1cnc2cccc(Cl)c2n1CC1CCCS(=O)(=O)C1. The first-order valence-electron chi connectivity index (χ1n) is 6.81. The molecule has 1 unspecified atom stereocenters. The van der Waals surface area contributed by atoms with Gasteiger partial charge in [-0.15, -0.1) is 0 Å². The van der Waals surface area contributed by atoms with Gasteiger partial charge in [-0.1, -0.05) is 17.7 Å². The van der Waals surface area contributed by atoms with Crippen LogP contribution in [0.5, 0.6) is 0 Å². The normalized spacial score (nSPS) is 21.5. The zero-order valence-corrected chi connectivity index (χ0v) is 12.9. The van der Waals surface area contributed by atoms with Crippen molar-refractivity contribution in [2.45, 2.75) is 19.4 Å². The summed E-state index contributed by atoms with van der Waals surface area (Å²) in [6, 6.07) is 5.27. The fourth-order valence-electron chi connectivity index (χ4n) is 2.88. The molecule has 7 heteroatoms. The molecule has 1 aromatic carbocycles. The van der Waals surface area contributed by atoms with Crippen LogP contribution in [0.15, 0.2) is 29.2 Å². The number of halogens is 1. The molecule has 0 spiro atoms. The summed E-state index contributed by atoms with van der Waals surface area (Å²) in [5.74, 6) is 0.326. The smallest absolute Gasteiger partial charge is 0.269 e. The van der Waals surface area contributed by atoms with Crippen LogP contribution in [0.1, 0.15) is 12.8 Å². The van der Waals surface area contributed by atoms with Crippen LogP contribution in [0.2, 0.25) is 5.02 Å². The molecular formula is C14H15ClN2O3S. The van der Waals surface area contributed by atoms with Crippen LogP contribution in [0, 0.1) is 5.92 Å². The summed E-state index contributed by atoms with van der Waals surface area (Å²) in [6.45, 7) is 0.362. The van der Waals surface area contributed by atoms with Crippen LogP contribution < -0.4 is 5.56 Å². The quantitative estimate of drug-likeness (QED) is 0.845. The highest BCUT2D eigenvalue weighted by atomic mass is 35.5. The monoisotopic (exact) mass is 326 g/mol. The van der Waals surface area contributed by atoms with Gasteiger partial charge in [0.1, 0.15) is 0 Å². The van der Waals surface area contributed by atoms with Gasteiger partial charge in [-0.25, -0.2) is 13.4 Å². The molecule has 21 heavy (non-hydrogen) atoms. The van der Waals surface area contributed by atoms with Gasteiger partial charge in [0.2, 0.25) is 0 Å². The number of benzene rings is 1. The molecule has 2 aromatic rings. The third-order valence-corrected chi connectivity index (χ3v) is 6.01. The third-order valence-electron chi connectivity index (χ3n) is 3.81. The van der Waals surface area contributed by atoms with Gasteiger partial charge in [0.25, 0.3) is 5.56 Å². The third kappa shape index (κ3) is 2.96. The topological polar surface area (TPSA) is 69.0 Å². The van der Waals surface area contributed by atoms with E-state index < -0.39 is 9.84 Å². The first kappa shape index (κ1) is 14.5. The fraction of sp³-hybridized carbons (Fsp3) is 0.429. The van der Waals surface area contributed by atoms with Crippen molar-refractivity contribution in [1.82, 2.24) is 9.55 Å². The number of fused-ring (bicyclic) bond motifs is 1. The Balaban J connectivity index is 2.04. The minimum atomic E-state index is -2.99. The van der Waals surface area contributed by atoms with E-state index in [1.165, 1.54) is 6.20 Å². The first-order chi connectivity index (χ1) is 9.96. The number of hydrogen-bond donors (Lipinski definition) is 0. The maximum absolute atomic E-state index is 12.1. The highest BCUT2D eigenvalue weighted by Gasteiger charge is 2.25. The van der Waals surface area contributed by atoms with Crippen molar-refractivity contribution in [3.63, 3.8) is 0 Å². The molecule has 0 aliphatic carbocycles. The second kappa shape index (κ2) is 5.42. The van der Waals surface area contributed by atoms with Crippen molar-refractivity contribution in [3.8, 4) is 0 Å². The lowest BCUT2D eigenvalue weighted by atomic mass is 10.1. The number of rotatable bonds is 2. The average molecular weight is 327 g/mol. The molecular weight excluding hydrogens is 312 g/mol. The predicted molar refractivity (Wildman–Crippen MR) is 82.4 cm³/mol. The van der Waals surface area contributed by atoms with Crippen LogP contribution in [0.4, 0.5) is 0 Å². The Labute approximate surface area is 127 Å². The highest BCUT2D eigenvalue weighted by Crippen LogP contribution is 2.24. The second-order valence-corrected chi connectivity index (χ2v) is 8.07. The molecule has 1 saturated heterocycles. The number of nitrogens with zero attached hydrogens (tertiary/aromatic N) is 2. The Kier molecular flexibility index (Phi) is 3.75. The molecule has 112 valence electrons. The summed E-state index contributed by atoms with van der Waals surface area (Å²) >= 11 is 6.19. The van der Waals surface area contributed by atoms with Gasteiger partial charge in [-0.3, -0.25) is 4.79 Å². The summed E-state index contributed by atoms with van der Waals surface area (Å²) in [4.78, 5) is 16.2. The molecule has 0 radical (unpaired) electrons. The summed E-state index contributed by atoms with van der Waals surface area (Å²) in [6.07, 6.45) is 2.72. The highest BCUT2D eigenvalue weighted by molar-refractivity contribution is 7.91. The van der Waals surface area contributed by atoms with Crippen molar-refractivity contribution in [1.29, 1.82) is 0 Å². The molecule has 0 saturated carbocycles. The predicted octanol–water partition coefficient (Wildman–Crippen LogP) is 1.87. The van der Waals surface area contributed by atoms with Crippen molar-refractivity contribution in [3.05, 3.63) is 39.8 Å². The van der Waals surface area contributed by atoms with Gasteiger partial charge in [-0.05, 0) is 30.9 Å². The van der Waals surface area contributed by atoms with E-state index in [1.54, 1.807) is 22.8 Å². The Morgan fingerprint density at radius 1 is 1.38 bits per heavy atom. The molecule has 1 aliphatic heterocycles. The Morgan fingerprint density at radius 2 is 2.19 bits per heavy atom. The van der Waals surface area contributed by atoms with Crippen molar-refractivity contribution in [2.75, 3.05) is 11.5 Å². The van der Waals surface area contributed by atoms with Crippen LogP contribution in [0.25, 0.3) is 11.0 Å². The molecule has 1 aromatic heterocycles. The molecule has 5 nitrogen and oxygen atoms in total. The van der Waals surface area contributed by atoms with E-state index in [0.717, 1.165) is 6.42 Å². The lowest BCUT2D eigenvalue weighted by Crippen LogP contribution is -2.32. The minimum Gasteiger partial charge on any atom is -0.304 e. The molecule has 0 amide bonds. The Bertz CT molecular complexity index is 845. The summed E-state index contributed by atoms with van der Waals surface area (Å²) in [5, 5.41) is 0.455. The molecule has 2 heterocycles. The van der Waals surface area contributed by atoms with E-state index in [-0.39, 0.29) is 23.0 Å². The summed E-state index contributed by atoms with van der Waals surface area (Å²) in [5.41, 5.74) is 0.967. The Hall–Kier alpha value is -1.40. The van der Waals surface area contributed by atoms with Gasteiger partial charge in [0.05, 0.1) is 33.8 Å². The van der Waals surface area contributed by atoms with Crippen molar-refractivity contribution >= 4 is 32.5 Å². The first-order valence-corrected chi connectivity index (χ1v) is 9.01. The fourth-order valence-corrected chi connectivity index (χ4v) is 4.92. The lowest BCUT2D eigenvalue weighted by molar-refractivity contribution is 0.427. The lowest BCUT2D eigenvalue weighted by Gasteiger charge is -2.23. The molecule has 1 fully saturated rings. The van der Waals surface area contributed by atoms with Gasteiger partial charge in [-0.2, -0.15) is 0 Å². The van der Waals surface area contributed by atoms with E-state index in [4.69, 9.17) is 11.6 Å². The molecule has 1 aliphatic rings. The number of para-hydroxylation sites is 1. The van der Waals surface area contributed by atoms with E-state index in [9.17, 15) is 13.2 Å². The summed E-state index contributed by atoms with van der Waals surface area (Å²) in [7, 11) is -2.99. The number of hydrogen-bond acceptors (Lipinski definition) is 4. The van der Waals surface area contributed by atoms with E-state index in [1.807, 2.05) is 0 Å². The van der Waals surface area contributed by atoms with Gasteiger partial charge in [0, 0.05) is 6.54 Å². The molecule has 1 atom stereocenters. The van der Waals surface area contributed by atoms with Gasteiger partial charge >= 0.3 is 0 Å². The van der Waals surface area contributed by atoms with Crippen molar-refractivity contribution in [2.24, 2.45) is 5.92 Å². The maximum atomic E-state index is 12.1. The summed E-state index contributed by atoms with van der Waals surface area (Å²) < 4.78 is 25.0. The zero-order chi connectivity index (χ0) is 15.0. The second-order valence-electron chi connectivity index (χ2n) is 5.44. The van der Waals surface area contributed by atoms with E-state index >= 15 is 0 Å². The Morgan fingerprint density at radius 3 is 2.95 bits per heavy atom. The molecule has 3 rings (SSSR count). The van der Waals surface area contributed by atoms with E-state index in [2.05, 4.69) is 4.98 Å². The van der Waals surface area contributed by atoms with Crippen LogP contribution >= 0.6 is 11.6 Å². The van der Waals surface area contributed by atoms with E-state index in [0.29, 0.717) is 29.0 Å². The minimum absolute atomic E-state index is 0.0525. The van der Waals surface area contributed by atoms with Crippen molar-refractivity contribution < 1.29 is 8.42 Å². The molecule has 0 bridgehead atoms. The maximum Gasteiger partial charge on any atom is 0.269 e. The van der Waals surface area contributed by atoms with Gasteiger partial charge in [0.15, 0.2) is 9.84 Å². The number of sulfone groups is 1. The standard InChI is InChI=1S/C14H15ClN2O3S/c15-11-4-1-5-12-14(11)17(13(18)7-16-12)8-10-3-2-6-21(19,20)9-10/h1,4-5,7,10H,2-3,6,8-9H2. The van der Waals surface area contributed by atoms with Crippen LogP contribution in [-0.4, -0.2) is 29.5 Å². The molecule has 0 N–H and O–H groups in total. The zero-order valence-electron chi connectivity index (χ0n) is 11.3. The van der Waals surface area contributed by atoms with Gasteiger partial charge < -0.3 is 4.57 Å². The van der Waals surface area contributed by atoms with Crippen LogP contribution in [0.3, 0.4) is 0 Å². The van der Waals surface area contributed by atoms with Crippen LogP contribution in [-0.2, 0) is 16.4 Å². The average Bonchev–Trinajstić information content (AvgIpc) is 2.41. The largest absolute Gasteiger partial charge is 0.304 e. The number of aromatic nitrogens is 2.